The lowest BCUT2D eigenvalue weighted by Crippen LogP contribution is -2.46. The van der Waals surface area contributed by atoms with Crippen molar-refractivity contribution in [3.05, 3.63) is 48.6 Å². The van der Waals surface area contributed by atoms with Crippen LogP contribution in [0.5, 0.6) is 0 Å². The quantitative estimate of drug-likeness (QED) is 0.0314. The molecule has 256 valence electrons. The van der Waals surface area contributed by atoms with E-state index in [1.54, 1.807) is 12.2 Å². The van der Waals surface area contributed by atoms with Gasteiger partial charge < -0.3 is 26.2 Å². The third-order valence-corrected chi connectivity index (χ3v) is 7.92. The fourth-order valence-corrected chi connectivity index (χ4v) is 5.12. The molecule has 0 fully saturated rings. The maximum absolute atomic E-state index is 12.6. The van der Waals surface area contributed by atoms with Gasteiger partial charge in [-0.1, -0.05) is 120 Å². The predicted molar refractivity (Wildman–Crippen MR) is 181 cm³/mol. The Hall–Kier alpha value is -1.58. The molecule has 0 spiro atoms. The van der Waals surface area contributed by atoms with Crippen LogP contribution in [0.1, 0.15) is 123 Å². The molecule has 0 bridgehead atoms. The fraction of sp³-hybridized carbons (Fsp3) is 0.735. The minimum Gasteiger partial charge on any atom is -0.389 e. The normalized spacial score (nSPS) is 15.9. The first-order valence-corrected chi connectivity index (χ1v) is 18.4. The highest BCUT2D eigenvalue weighted by molar-refractivity contribution is 7.47. The molecular weight excluding hydrogens is 579 g/mol. The van der Waals surface area contributed by atoms with Gasteiger partial charge in [0.1, 0.15) is 0 Å². The standard InChI is InChI=1S/C34H63N2O7P/c1-3-5-7-9-11-13-15-17-19-21-23-25-31(37)29-34(39)36-32(30-43-44(40,41)42-28-27-35)33(38)26-24-22-20-18-16-14-12-10-8-6-4-2/h16-19,23-26,31-33,37-38H,3-15,20-22,27-30,35H2,1-2H3,(H,36,39)(H,40,41)/b18-16+,19-17-,25-23-,26-24+. The van der Waals surface area contributed by atoms with E-state index in [0.29, 0.717) is 12.8 Å². The summed E-state index contributed by atoms with van der Waals surface area (Å²) in [5, 5.41) is 23.6. The minimum atomic E-state index is -4.41. The number of amides is 1. The maximum Gasteiger partial charge on any atom is 0.472 e. The number of aliphatic hydroxyl groups excluding tert-OH is 2. The summed E-state index contributed by atoms with van der Waals surface area (Å²) in [4.78, 5) is 22.5. The highest BCUT2D eigenvalue weighted by Crippen LogP contribution is 2.43. The van der Waals surface area contributed by atoms with Crippen molar-refractivity contribution in [2.75, 3.05) is 19.8 Å². The summed E-state index contributed by atoms with van der Waals surface area (Å²) >= 11 is 0. The zero-order chi connectivity index (χ0) is 32.7. The Bertz CT molecular complexity index is 847. The van der Waals surface area contributed by atoms with Crippen molar-refractivity contribution in [2.45, 2.75) is 141 Å². The van der Waals surface area contributed by atoms with Crippen molar-refractivity contribution in [1.82, 2.24) is 5.32 Å². The van der Waals surface area contributed by atoms with Gasteiger partial charge in [-0.3, -0.25) is 13.8 Å². The monoisotopic (exact) mass is 642 g/mol. The summed E-state index contributed by atoms with van der Waals surface area (Å²) in [5.74, 6) is -0.528. The molecule has 4 unspecified atom stereocenters. The van der Waals surface area contributed by atoms with E-state index in [-0.39, 0.29) is 19.6 Å². The number of phosphoric acid groups is 1. The average Bonchev–Trinajstić information content (AvgIpc) is 2.99. The van der Waals surface area contributed by atoms with Gasteiger partial charge in [0, 0.05) is 6.54 Å². The first kappa shape index (κ1) is 42.4. The third kappa shape index (κ3) is 27.9. The van der Waals surface area contributed by atoms with Crippen molar-refractivity contribution in [1.29, 1.82) is 0 Å². The minimum absolute atomic E-state index is 0.0348. The van der Waals surface area contributed by atoms with Crippen LogP contribution < -0.4 is 11.1 Å². The largest absolute Gasteiger partial charge is 0.472 e. The Morgan fingerprint density at radius 1 is 0.773 bits per heavy atom. The van der Waals surface area contributed by atoms with Crippen LogP contribution in [0.4, 0.5) is 0 Å². The van der Waals surface area contributed by atoms with Gasteiger partial charge in [0.05, 0.1) is 37.9 Å². The number of unbranched alkanes of at least 4 members (excludes halogenated alkanes) is 12. The molecule has 0 aromatic rings. The van der Waals surface area contributed by atoms with Gasteiger partial charge in [0.25, 0.3) is 0 Å². The van der Waals surface area contributed by atoms with Crippen molar-refractivity contribution < 1.29 is 33.5 Å². The third-order valence-electron chi connectivity index (χ3n) is 6.94. The molecule has 44 heavy (non-hydrogen) atoms. The molecule has 9 nitrogen and oxygen atoms in total. The van der Waals surface area contributed by atoms with Crippen molar-refractivity contribution in [3.63, 3.8) is 0 Å². The van der Waals surface area contributed by atoms with Crippen molar-refractivity contribution in [2.24, 2.45) is 5.73 Å². The number of allylic oxidation sites excluding steroid dienone is 6. The number of hydrogen-bond donors (Lipinski definition) is 5. The van der Waals surface area contributed by atoms with Crippen molar-refractivity contribution >= 4 is 13.7 Å². The molecule has 1 amide bonds. The topological polar surface area (TPSA) is 151 Å². The zero-order valence-electron chi connectivity index (χ0n) is 27.5. The summed E-state index contributed by atoms with van der Waals surface area (Å²) in [7, 11) is -4.41. The van der Waals surface area contributed by atoms with E-state index >= 15 is 0 Å². The lowest BCUT2D eigenvalue weighted by molar-refractivity contribution is -0.124. The smallest absolute Gasteiger partial charge is 0.389 e. The maximum atomic E-state index is 12.6. The average molecular weight is 643 g/mol. The second kappa shape index (κ2) is 30.1. The van der Waals surface area contributed by atoms with Gasteiger partial charge in [0.15, 0.2) is 0 Å². The molecular formula is C34H63N2O7P. The second-order valence-corrected chi connectivity index (χ2v) is 12.6. The van der Waals surface area contributed by atoms with Crippen LogP contribution in [0, 0.1) is 0 Å². The lowest BCUT2D eigenvalue weighted by Gasteiger charge is -2.23. The van der Waals surface area contributed by atoms with Gasteiger partial charge >= 0.3 is 7.82 Å². The number of hydrogen-bond acceptors (Lipinski definition) is 7. The molecule has 0 aromatic heterocycles. The van der Waals surface area contributed by atoms with Gasteiger partial charge in [-0.15, -0.1) is 0 Å². The number of aliphatic hydroxyl groups is 2. The molecule has 6 N–H and O–H groups in total. The number of nitrogens with one attached hydrogen (secondary N) is 1. The van der Waals surface area contributed by atoms with E-state index in [0.717, 1.165) is 19.3 Å². The van der Waals surface area contributed by atoms with Crippen LogP contribution in [0.15, 0.2) is 48.6 Å². The summed E-state index contributed by atoms with van der Waals surface area (Å²) in [6.45, 7) is 3.81. The highest BCUT2D eigenvalue weighted by atomic mass is 31.2. The molecule has 0 aliphatic rings. The zero-order valence-corrected chi connectivity index (χ0v) is 28.4. The Morgan fingerprint density at radius 2 is 1.34 bits per heavy atom. The molecule has 0 aliphatic carbocycles. The van der Waals surface area contributed by atoms with E-state index in [4.69, 9.17) is 14.8 Å². The Morgan fingerprint density at radius 3 is 1.98 bits per heavy atom. The van der Waals surface area contributed by atoms with Gasteiger partial charge in [-0.05, 0) is 44.9 Å². The van der Waals surface area contributed by atoms with Crippen LogP contribution in [-0.2, 0) is 18.4 Å². The van der Waals surface area contributed by atoms with E-state index in [1.807, 2.05) is 6.08 Å². The molecule has 0 aromatic carbocycles. The summed E-state index contributed by atoms with van der Waals surface area (Å²) in [6.07, 6.45) is 30.9. The fourth-order valence-electron chi connectivity index (χ4n) is 4.36. The van der Waals surface area contributed by atoms with Crippen LogP contribution >= 0.6 is 7.82 Å². The molecule has 0 aliphatic heterocycles. The Balaban J connectivity index is 4.71. The molecule has 10 heteroatoms. The number of rotatable bonds is 30. The SMILES string of the molecule is CCCCCCC/C=C/CC/C=C/C(O)C(COP(=O)(O)OCCN)NC(=O)CC(O)/C=C\C/C=C\CCCCCCCC. The van der Waals surface area contributed by atoms with Crippen LogP contribution in [-0.4, -0.2) is 59.0 Å². The Kier molecular flexibility index (Phi) is 29.0. The Labute approximate surface area is 267 Å². The molecule has 0 rings (SSSR count). The van der Waals surface area contributed by atoms with Crippen LogP contribution in [0.3, 0.4) is 0 Å². The van der Waals surface area contributed by atoms with Gasteiger partial charge in [0.2, 0.25) is 5.91 Å². The highest BCUT2D eigenvalue weighted by Gasteiger charge is 2.27. The molecule has 0 saturated heterocycles. The number of carbonyl (C=O) groups is 1. The van der Waals surface area contributed by atoms with E-state index < -0.39 is 38.6 Å². The summed E-state index contributed by atoms with van der Waals surface area (Å²) in [6, 6.07) is -1.03. The number of phosphoric ester groups is 1. The predicted octanol–water partition coefficient (Wildman–Crippen LogP) is 7.18. The first-order valence-electron chi connectivity index (χ1n) is 16.9. The summed E-state index contributed by atoms with van der Waals surface area (Å²) in [5.41, 5.74) is 5.32. The van der Waals surface area contributed by atoms with Gasteiger partial charge in [-0.2, -0.15) is 0 Å². The second-order valence-electron chi connectivity index (χ2n) is 11.2. The molecule has 0 radical (unpaired) electrons. The summed E-state index contributed by atoms with van der Waals surface area (Å²) < 4.78 is 21.8. The first-order chi connectivity index (χ1) is 21.3. The molecule has 0 saturated carbocycles. The van der Waals surface area contributed by atoms with E-state index in [2.05, 4.69) is 43.5 Å². The van der Waals surface area contributed by atoms with Crippen LogP contribution in [0.25, 0.3) is 0 Å². The van der Waals surface area contributed by atoms with E-state index in [1.165, 1.54) is 76.7 Å². The van der Waals surface area contributed by atoms with Gasteiger partial charge in [-0.25, -0.2) is 4.57 Å². The number of carbonyl (C=O) groups excluding carboxylic acids is 1. The number of nitrogens with two attached hydrogens (primary N) is 1. The van der Waals surface area contributed by atoms with E-state index in [9.17, 15) is 24.5 Å². The molecule has 4 atom stereocenters. The van der Waals surface area contributed by atoms with Crippen LogP contribution in [0.2, 0.25) is 0 Å². The molecule has 0 heterocycles. The van der Waals surface area contributed by atoms with Crippen molar-refractivity contribution in [3.8, 4) is 0 Å². The lowest BCUT2D eigenvalue weighted by atomic mass is 10.1.